The van der Waals surface area contributed by atoms with Gasteiger partial charge in [-0.2, -0.15) is 0 Å². The summed E-state index contributed by atoms with van der Waals surface area (Å²) < 4.78 is 17.0. The van der Waals surface area contributed by atoms with Crippen LogP contribution in [0.15, 0.2) is 85.1 Å². The summed E-state index contributed by atoms with van der Waals surface area (Å²) in [5, 5.41) is 0. The van der Waals surface area contributed by atoms with Crippen molar-refractivity contribution in [2.24, 2.45) is 0 Å². The fourth-order valence-electron chi connectivity index (χ4n) is 10.5. The van der Waals surface area contributed by atoms with Crippen LogP contribution in [0.5, 0.6) is 0 Å². The van der Waals surface area contributed by atoms with Crippen LogP contribution in [0, 0.1) is 0 Å². The van der Waals surface area contributed by atoms with E-state index >= 15 is 0 Å². The normalized spacial score (nSPS) is 12.6. The Labute approximate surface area is 515 Å². The first-order chi connectivity index (χ1) is 41.0. The smallest absolute Gasteiger partial charge is 0.306 e. The van der Waals surface area contributed by atoms with E-state index in [2.05, 4.69) is 106 Å². The van der Waals surface area contributed by atoms with Gasteiger partial charge >= 0.3 is 17.9 Å². The standard InChI is InChI=1S/C77H136O6/c1-4-7-10-13-16-19-22-24-26-28-30-32-34-35-36-37-38-39-40-41-43-44-46-48-50-52-55-58-61-64-67-70-76(79)82-73-74(72-81-75(78)69-66-63-60-57-54-21-18-15-12-9-6-3)83-77(80)71-68-65-62-59-56-53-51-49-47-45-42-33-31-29-27-25-23-20-17-14-11-8-5-2/h7,10,16,19,23-26,29-32,42,45,74H,4-6,8-9,11-15,17-18,20-22,27-28,33-41,43-44,46-73H2,1-3H3/b10-7-,19-16-,25-23-,26-24-,31-29-,32-30-,45-42-. The molecule has 0 aliphatic rings. The van der Waals surface area contributed by atoms with E-state index in [-0.39, 0.29) is 31.1 Å². The largest absolute Gasteiger partial charge is 0.462 e. The zero-order chi connectivity index (χ0) is 59.9. The highest BCUT2D eigenvalue weighted by Gasteiger charge is 2.19. The molecule has 0 rings (SSSR count). The Hall–Kier alpha value is -3.41. The molecule has 0 aromatic carbocycles. The summed E-state index contributed by atoms with van der Waals surface area (Å²) in [4.78, 5) is 38.4. The first-order valence-electron chi connectivity index (χ1n) is 36.1. The minimum absolute atomic E-state index is 0.0742. The van der Waals surface area contributed by atoms with Crippen LogP contribution in [0.4, 0.5) is 0 Å². The first-order valence-corrected chi connectivity index (χ1v) is 36.1. The van der Waals surface area contributed by atoms with Crippen molar-refractivity contribution >= 4 is 17.9 Å². The molecule has 0 amide bonds. The number of unbranched alkanes of at least 4 members (excludes halogenated alkanes) is 41. The number of carbonyl (C=O) groups excluding carboxylic acids is 3. The van der Waals surface area contributed by atoms with Crippen molar-refractivity contribution in [3.05, 3.63) is 85.1 Å². The van der Waals surface area contributed by atoms with Gasteiger partial charge in [0.05, 0.1) is 0 Å². The van der Waals surface area contributed by atoms with Crippen molar-refractivity contribution in [1.82, 2.24) is 0 Å². The van der Waals surface area contributed by atoms with E-state index in [9.17, 15) is 14.4 Å². The molecule has 0 fully saturated rings. The number of ether oxygens (including phenoxy) is 3. The summed E-state index contributed by atoms with van der Waals surface area (Å²) in [5.74, 6) is -0.861. The molecule has 0 aromatic heterocycles. The van der Waals surface area contributed by atoms with Crippen molar-refractivity contribution in [2.75, 3.05) is 13.2 Å². The molecule has 480 valence electrons. The monoisotopic (exact) mass is 1160 g/mol. The molecule has 1 unspecified atom stereocenters. The van der Waals surface area contributed by atoms with Gasteiger partial charge in [0.25, 0.3) is 0 Å². The maximum absolute atomic E-state index is 12.9. The van der Waals surface area contributed by atoms with E-state index in [1.165, 1.54) is 225 Å². The van der Waals surface area contributed by atoms with E-state index in [1.54, 1.807) is 0 Å². The Balaban J connectivity index is 4.18. The molecular formula is C77H136O6. The molecule has 0 saturated carbocycles. The lowest BCUT2D eigenvalue weighted by molar-refractivity contribution is -0.167. The lowest BCUT2D eigenvalue weighted by atomic mass is 10.0. The third-order valence-electron chi connectivity index (χ3n) is 15.9. The van der Waals surface area contributed by atoms with E-state index in [1.807, 2.05) is 0 Å². The summed E-state index contributed by atoms with van der Waals surface area (Å²) in [6.45, 7) is 6.55. The van der Waals surface area contributed by atoms with Crippen LogP contribution < -0.4 is 0 Å². The van der Waals surface area contributed by atoms with Gasteiger partial charge in [0.2, 0.25) is 0 Å². The lowest BCUT2D eigenvalue weighted by Gasteiger charge is -2.18. The van der Waals surface area contributed by atoms with E-state index in [0.717, 1.165) is 103 Å². The Morgan fingerprint density at radius 2 is 0.470 bits per heavy atom. The molecule has 0 radical (unpaired) electrons. The van der Waals surface area contributed by atoms with Gasteiger partial charge in [-0.1, -0.05) is 337 Å². The fraction of sp³-hybridized carbons (Fsp3) is 0.779. The van der Waals surface area contributed by atoms with Crippen molar-refractivity contribution in [3.63, 3.8) is 0 Å². The van der Waals surface area contributed by atoms with Crippen LogP contribution in [0.3, 0.4) is 0 Å². The van der Waals surface area contributed by atoms with Crippen molar-refractivity contribution in [2.45, 2.75) is 374 Å². The van der Waals surface area contributed by atoms with Crippen LogP contribution in [0.2, 0.25) is 0 Å². The Morgan fingerprint density at radius 1 is 0.253 bits per heavy atom. The second-order valence-corrected chi connectivity index (χ2v) is 24.1. The highest BCUT2D eigenvalue weighted by molar-refractivity contribution is 5.71. The molecule has 0 bridgehead atoms. The number of esters is 3. The van der Waals surface area contributed by atoms with Crippen molar-refractivity contribution in [3.8, 4) is 0 Å². The predicted molar refractivity (Wildman–Crippen MR) is 362 cm³/mol. The van der Waals surface area contributed by atoms with E-state index < -0.39 is 6.10 Å². The first kappa shape index (κ1) is 79.6. The van der Waals surface area contributed by atoms with Crippen LogP contribution in [0.25, 0.3) is 0 Å². The quantitative estimate of drug-likeness (QED) is 0.0261. The molecule has 0 heterocycles. The molecule has 0 aliphatic carbocycles. The molecule has 0 saturated heterocycles. The highest BCUT2D eigenvalue weighted by Crippen LogP contribution is 2.18. The van der Waals surface area contributed by atoms with Gasteiger partial charge in [-0.05, 0) is 96.3 Å². The Bertz CT molecular complexity index is 1570. The molecule has 0 spiro atoms. The molecule has 1 atom stereocenters. The van der Waals surface area contributed by atoms with Gasteiger partial charge in [-0.15, -0.1) is 0 Å². The third-order valence-corrected chi connectivity index (χ3v) is 15.9. The second kappa shape index (κ2) is 71.1. The second-order valence-electron chi connectivity index (χ2n) is 24.1. The van der Waals surface area contributed by atoms with Gasteiger partial charge in [-0.25, -0.2) is 0 Å². The average molecular weight is 1160 g/mol. The van der Waals surface area contributed by atoms with Crippen molar-refractivity contribution in [1.29, 1.82) is 0 Å². The average Bonchev–Trinajstić information content (AvgIpc) is 3.48. The van der Waals surface area contributed by atoms with Crippen molar-refractivity contribution < 1.29 is 28.6 Å². The van der Waals surface area contributed by atoms with Gasteiger partial charge < -0.3 is 14.2 Å². The summed E-state index contributed by atoms with van der Waals surface area (Å²) >= 11 is 0. The summed E-state index contributed by atoms with van der Waals surface area (Å²) in [6, 6.07) is 0. The number of allylic oxidation sites excluding steroid dienone is 14. The summed E-state index contributed by atoms with van der Waals surface area (Å²) in [5.41, 5.74) is 0. The van der Waals surface area contributed by atoms with E-state index in [4.69, 9.17) is 14.2 Å². The predicted octanol–water partition coefficient (Wildman–Crippen LogP) is 25.0. The minimum Gasteiger partial charge on any atom is -0.462 e. The molecule has 0 aliphatic heterocycles. The van der Waals surface area contributed by atoms with Gasteiger partial charge in [0.15, 0.2) is 6.10 Å². The summed E-state index contributed by atoms with van der Waals surface area (Å²) in [6.07, 6.45) is 94.8. The van der Waals surface area contributed by atoms with Crippen LogP contribution in [-0.2, 0) is 28.6 Å². The number of hydrogen-bond donors (Lipinski definition) is 0. The molecule has 0 N–H and O–H groups in total. The van der Waals surface area contributed by atoms with Crippen LogP contribution in [-0.4, -0.2) is 37.2 Å². The minimum atomic E-state index is -0.778. The number of rotatable bonds is 66. The zero-order valence-corrected chi connectivity index (χ0v) is 55.2. The number of carbonyl (C=O) groups is 3. The lowest BCUT2D eigenvalue weighted by Crippen LogP contribution is -2.30. The topological polar surface area (TPSA) is 78.9 Å². The highest BCUT2D eigenvalue weighted by atomic mass is 16.6. The molecule has 0 aromatic rings. The van der Waals surface area contributed by atoms with E-state index in [0.29, 0.717) is 19.3 Å². The molecular weight excluding hydrogens is 1020 g/mol. The summed E-state index contributed by atoms with van der Waals surface area (Å²) in [7, 11) is 0. The van der Waals surface area contributed by atoms with Crippen LogP contribution >= 0.6 is 0 Å². The fourth-order valence-corrected chi connectivity index (χ4v) is 10.5. The van der Waals surface area contributed by atoms with Gasteiger partial charge in [-0.3, -0.25) is 14.4 Å². The van der Waals surface area contributed by atoms with Gasteiger partial charge in [0, 0.05) is 19.3 Å². The Kier molecular flexibility index (Phi) is 68.2. The third kappa shape index (κ3) is 69.3. The zero-order valence-electron chi connectivity index (χ0n) is 55.2. The SMILES string of the molecule is CC/C=C\C/C=C\C/C=C\C/C=C\CCCCCCCCCCCCCCCCCCCCC(=O)OCC(COC(=O)CCCCCCCCCCCCC)OC(=O)CCCCCCCCCC/C=C\C/C=C\C/C=C\CCCCCCC. The molecule has 6 nitrogen and oxygen atoms in total. The maximum atomic E-state index is 12.9. The number of hydrogen-bond acceptors (Lipinski definition) is 6. The van der Waals surface area contributed by atoms with Gasteiger partial charge in [0.1, 0.15) is 13.2 Å². The Morgan fingerprint density at radius 3 is 0.735 bits per heavy atom. The van der Waals surface area contributed by atoms with Crippen LogP contribution in [0.1, 0.15) is 367 Å². The molecule has 83 heavy (non-hydrogen) atoms. The maximum Gasteiger partial charge on any atom is 0.306 e. The molecule has 6 heteroatoms.